The fourth-order valence-electron chi connectivity index (χ4n) is 0.882. The second-order valence-corrected chi connectivity index (χ2v) is 2.99. The van der Waals surface area contributed by atoms with Gasteiger partial charge in [0, 0.05) is 12.5 Å². The summed E-state index contributed by atoms with van der Waals surface area (Å²) in [6.07, 6.45) is 0. The first-order valence-electron chi connectivity index (χ1n) is 4.38. The van der Waals surface area contributed by atoms with Gasteiger partial charge in [0.2, 0.25) is 0 Å². The van der Waals surface area contributed by atoms with Gasteiger partial charge in [-0.3, -0.25) is 0 Å². The van der Waals surface area contributed by atoms with Crippen molar-refractivity contribution in [3.8, 4) is 0 Å². The first-order valence-corrected chi connectivity index (χ1v) is 3.67. The third kappa shape index (κ3) is 14.6. The zero-order chi connectivity index (χ0) is 10.7. The summed E-state index contributed by atoms with van der Waals surface area (Å²) >= 11 is 0. The molecule has 3 nitrogen and oxygen atoms in total. The smallest absolute Gasteiger partial charge is 0.566 e. The van der Waals surface area contributed by atoms with Crippen molar-refractivity contribution in [2.24, 2.45) is 5.41 Å². The zero-order valence-corrected chi connectivity index (χ0v) is 11.5. The topological polar surface area (TPSA) is 38.7 Å². The average molecular weight is 393 g/mol. The monoisotopic (exact) mass is 393 g/mol. The van der Waals surface area contributed by atoms with Crippen LogP contribution in [-0.4, -0.2) is 32.0 Å². The van der Waals surface area contributed by atoms with E-state index < -0.39 is 0 Å². The van der Waals surface area contributed by atoms with Crippen LogP contribution in [-0.2, 0) is 30.5 Å². The van der Waals surface area contributed by atoms with E-state index in [-0.39, 0.29) is 35.9 Å². The van der Waals surface area contributed by atoms with Crippen molar-refractivity contribution >= 4 is 0 Å². The fourth-order valence-corrected chi connectivity index (χ4v) is 0.882. The Bertz CT molecular complexity index is 101. The molecule has 1 saturated heterocycles. The molecule has 1 heterocycles. The van der Waals surface area contributed by atoms with Crippen LogP contribution in [0.3, 0.4) is 0 Å². The van der Waals surface area contributed by atoms with Gasteiger partial charge >= 0.3 is 21.1 Å². The van der Waals surface area contributed by atoms with Crippen molar-refractivity contribution in [1.82, 2.24) is 0 Å². The van der Waals surface area contributed by atoms with E-state index in [2.05, 4.69) is 14.3 Å². The molecule has 1 N–H and O–H groups in total. The number of methoxy groups -OCH3 is 1. The van der Waals surface area contributed by atoms with Crippen LogP contribution >= 0.6 is 0 Å². The van der Waals surface area contributed by atoms with Crippen LogP contribution in [0.1, 0.15) is 30.1 Å². The molecule has 0 radical (unpaired) electrons. The van der Waals surface area contributed by atoms with Crippen molar-refractivity contribution in [3.05, 3.63) is 14.0 Å². The molecule has 0 aromatic carbocycles. The third-order valence-electron chi connectivity index (χ3n) is 1.39. The molecule has 1 aliphatic heterocycles. The molecule has 0 atom stereocenters. The number of aliphatic hydroxyl groups is 1. The van der Waals surface area contributed by atoms with Gasteiger partial charge in [-0.1, -0.05) is 21.8 Å². The Hall–Kier alpha value is 0.568. The number of ether oxygens (including phenoxy) is 2. The largest absolute Gasteiger partial charge is 2.00 e. The standard InChI is InChI=1S/C6H12O2.C2H5O.2CH4.CH3.W/c1-6(3-7-2)4-8-5-6;1-2-3;;;;/h3-5H2,1-2H3;2-3H,1H3;2*1H4;1H3;/q;-1;;;-1;+2/i;;;;1D;. The predicted molar refractivity (Wildman–Crippen MR) is 62.6 cm³/mol. The van der Waals surface area contributed by atoms with Crippen LogP contribution in [0.25, 0.3) is 0 Å². The first-order chi connectivity index (χ1) is 6.18. The molecule has 1 aliphatic rings. The quantitative estimate of drug-likeness (QED) is 0.734. The molecule has 0 aromatic rings. The van der Waals surface area contributed by atoms with E-state index in [1.54, 1.807) is 14.0 Å². The average Bonchev–Trinajstić information content (AvgIpc) is 2.07. The molecule has 0 aliphatic carbocycles. The third-order valence-corrected chi connectivity index (χ3v) is 1.39. The van der Waals surface area contributed by atoms with Gasteiger partial charge in [-0.15, -0.1) is 0 Å². The Morgan fingerprint density at radius 2 is 1.87 bits per heavy atom. The van der Waals surface area contributed by atoms with Crippen molar-refractivity contribution < 1.29 is 37.0 Å². The summed E-state index contributed by atoms with van der Waals surface area (Å²) in [5.41, 5.74) is 0.328. The minimum atomic E-state index is 0. The maximum atomic E-state index is 7.44. The molecule has 0 aromatic heterocycles. The molecule has 1 fully saturated rings. The van der Waals surface area contributed by atoms with Crippen molar-refractivity contribution in [2.45, 2.75) is 28.7 Å². The number of rotatable bonds is 2. The fraction of sp³-hybridized carbons (Fsp3) is 0.818. The van der Waals surface area contributed by atoms with E-state index in [1.165, 1.54) is 0 Å². The first kappa shape index (κ1) is 24.7. The minimum Gasteiger partial charge on any atom is -0.566 e. The summed E-state index contributed by atoms with van der Waals surface area (Å²) in [6, 6.07) is 0. The summed E-state index contributed by atoms with van der Waals surface area (Å²) in [5, 5.41) is 7.44. The van der Waals surface area contributed by atoms with Crippen LogP contribution < -0.4 is 0 Å². The summed E-state index contributed by atoms with van der Waals surface area (Å²) < 4.78 is 15.5. The molecule has 4 heteroatoms. The number of aliphatic hydroxyl groups excluding tert-OH is 1. The second-order valence-electron chi connectivity index (χ2n) is 2.99. The van der Waals surface area contributed by atoms with E-state index in [4.69, 9.17) is 16.0 Å². The molecule has 96 valence electrons. The van der Waals surface area contributed by atoms with Gasteiger partial charge in [0.25, 0.3) is 0 Å². The molecule has 0 amide bonds. The molecule has 0 spiro atoms. The van der Waals surface area contributed by atoms with Crippen LogP contribution in [0.15, 0.2) is 0 Å². The van der Waals surface area contributed by atoms with Crippen molar-refractivity contribution in [1.29, 1.82) is 0 Å². The molecule has 15 heavy (non-hydrogen) atoms. The Morgan fingerprint density at radius 1 is 1.53 bits per heavy atom. The summed E-state index contributed by atoms with van der Waals surface area (Å²) in [7, 11) is 4.23. The Labute approximate surface area is 112 Å². The van der Waals surface area contributed by atoms with Gasteiger partial charge in [-0.2, -0.15) is 6.92 Å². The predicted octanol–water partition coefficient (Wildman–Crippen LogP) is 2.93. The van der Waals surface area contributed by atoms with Crippen LogP contribution in [0.4, 0.5) is 0 Å². The van der Waals surface area contributed by atoms with E-state index in [9.17, 15) is 0 Å². The Balaban J connectivity index is -0.0000000449. The number of hydrogen-bond donors (Lipinski definition) is 1. The normalized spacial score (nSPS) is 14.9. The molecule has 1 rings (SSSR count). The molecule has 0 unspecified atom stereocenters. The summed E-state index contributed by atoms with van der Waals surface area (Å²) in [4.78, 5) is 0. The van der Waals surface area contributed by atoms with Gasteiger partial charge in [-0.05, 0) is 0 Å². The van der Waals surface area contributed by atoms with Gasteiger partial charge in [0.05, 0.1) is 19.8 Å². The van der Waals surface area contributed by atoms with E-state index in [0.717, 1.165) is 26.4 Å². The van der Waals surface area contributed by atoms with E-state index in [0.29, 0.717) is 5.41 Å². The second kappa shape index (κ2) is 17.0. The van der Waals surface area contributed by atoms with Gasteiger partial charge < -0.3 is 22.0 Å². The molecular formula is C11H28O3W. The van der Waals surface area contributed by atoms with E-state index in [1.807, 2.05) is 0 Å². The molecular weight excluding hydrogens is 364 g/mol. The van der Waals surface area contributed by atoms with Gasteiger partial charge in [0.1, 0.15) is 0 Å². The minimum absolute atomic E-state index is 0. The SMILES string of the molecule is C.C.COCC1(C)COC1.C[CH-]O.[2H][CH2-].[W+2]. The Kier molecular flexibility index (Phi) is 27.9. The van der Waals surface area contributed by atoms with Crippen molar-refractivity contribution in [2.75, 3.05) is 26.9 Å². The van der Waals surface area contributed by atoms with Crippen molar-refractivity contribution in [3.63, 3.8) is 0 Å². The van der Waals surface area contributed by atoms with Gasteiger partial charge in [-0.25, -0.2) is 7.98 Å². The molecule has 0 saturated carbocycles. The van der Waals surface area contributed by atoms with Gasteiger partial charge in [0.15, 0.2) is 0 Å². The maximum Gasteiger partial charge on any atom is 2.00 e. The molecule has 0 bridgehead atoms. The zero-order valence-electron chi connectivity index (χ0n) is 9.58. The van der Waals surface area contributed by atoms with Crippen LogP contribution in [0.5, 0.6) is 0 Å². The number of hydrogen-bond acceptors (Lipinski definition) is 3. The summed E-state index contributed by atoms with van der Waals surface area (Å²) in [6.45, 7) is 7.27. The Morgan fingerprint density at radius 3 is 1.93 bits per heavy atom. The van der Waals surface area contributed by atoms with Crippen LogP contribution in [0.2, 0.25) is 0 Å². The van der Waals surface area contributed by atoms with E-state index >= 15 is 0 Å². The summed E-state index contributed by atoms with van der Waals surface area (Å²) in [5.74, 6) is 0. The van der Waals surface area contributed by atoms with Crippen LogP contribution in [0, 0.1) is 19.4 Å². The maximum absolute atomic E-state index is 7.44.